The second-order valence-electron chi connectivity index (χ2n) is 18.5. The summed E-state index contributed by atoms with van der Waals surface area (Å²) >= 11 is 0. The molecule has 0 N–H and O–H groups in total. The van der Waals surface area contributed by atoms with Crippen molar-refractivity contribution in [3.8, 4) is 22.3 Å². The standard InChI is InChI=1S/C66H44N2O2/c1-41-27-33-47(39-55(41)43-15-5-3-6-16-43)67(59-23-13-21-51-49-19-9-11-25-61(49)69-65(51)59)57-37-31-45-30-36-54-58(38-32-46-29-35-53(57)63(45)64(46)54)68(48-34-28-42(2)56(40-48)44-17-7-4-8-18-44)60-24-14-22-52-50-20-10-12-26-62(50)70-66(52)60/h3-40H,1-2H3. The van der Waals surface area contributed by atoms with Gasteiger partial charge in [0.2, 0.25) is 0 Å². The van der Waals surface area contributed by atoms with Crippen molar-refractivity contribution in [1.82, 2.24) is 0 Å². The summed E-state index contributed by atoms with van der Waals surface area (Å²) in [7, 11) is 0. The Bertz CT molecular complexity index is 4060. The number of anilines is 6. The predicted octanol–water partition coefficient (Wildman–Crippen LogP) is 19.3. The van der Waals surface area contributed by atoms with Crippen LogP contribution in [0.2, 0.25) is 0 Å². The summed E-state index contributed by atoms with van der Waals surface area (Å²) in [4.78, 5) is 4.82. The fourth-order valence-corrected chi connectivity index (χ4v) is 11.1. The van der Waals surface area contributed by atoms with Crippen LogP contribution in [0.3, 0.4) is 0 Å². The molecule has 0 fully saturated rings. The van der Waals surface area contributed by atoms with Crippen LogP contribution in [0.15, 0.2) is 239 Å². The molecule has 0 unspecified atom stereocenters. The summed E-state index contributed by atoms with van der Waals surface area (Å²) in [6, 6.07) is 83.2. The van der Waals surface area contributed by atoms with Gasteiger partial charge in [-0.05, 0) is 129 Å². The van der Waals surface area contributed by atoms with Crippen molar-refractivity contribution in [2.75, 3.05) is 9.80 Å². The molecule has 330 valence electrons. The normalized spacial score (nSPS) is 11.9. The molecule has 0 bridgehead atoms. The zero-order chi connectivity index (χ0) is 46.5. The number of furan rings is 2. The van der Waals surface area contributed by atoms with Crippen molar-refractivity contribution in [3.63, 3.8) is 0 Å². The summed E-state index contributed by atoms with van der Waals surface area (Å²) < 4.78 is 13.7. The fourth-order valence-electron chi connectivity index (χ4n) is 11.1. The molecule has 14 aromatic rings. The molecule has 4 nitrogen and oxygen atoms in total. The van der Waals surface area contributed by atoms with Crippen molar-refractivity contribution >= 4 is 110 Å². The predicted molar refractivity (Wildman–Crippen MR) is 294 cm³/mol. The van der Waals surface area contributed by atoms with E-state index in [0.29, 0.717) is 0 Å². The van der Waals surface area contributed by atoms with Crippen LogP contribution in [0.1, 0.15) is 11.1 Å². The Balaban J connectivity index is 1.04. The van der Waals surface area contributed by atoms with E-state index in [0.717, 1.165) is 88.8 Å². The molecule has 4 heteroatoms. The number of fused-ring (bicyclic) bond motifs is 6. The maximum atomic E-state index is 6.84. The summed E-state index contributed by atoms with van der Waals surface area (Å²) in [5.41, 5.74) is 16.8. The third kappa shape index (κ3) is 6.16. The molecule has 70 heavy (non-hydrogen) atoms. The molecule has 0 saturated heterocycles. The number of para-hydroxylation sites is 4. The van der Waals surface area contributed by atoms with Gasteiger partial charge in [-0.3, -0.25) is 0 Å². The Labute approximate surface area is 404 Å². The summed E-state index contributed by atoms with van der Waals surface area (Å²) in [5, 5.41) is 11.4. The van der Waals surface area contributed by atoms with Gasteiger partial charge in [-0.15, -0.1) is 0 Å². The number of hydrogen-bond donors (Lipinski definition) is 0. The van der Waals surface area contributed by atoms with Crippen molar-refractivity contribution in [2.45, 2.75) is 13.8 Å². The van der Waals surface area contributed by atoms with Gasteiger partial charge in [0, 0.05) is 43.7 Å². The Morgan fingerprint density at radius 3 is 1.16 bits per heavy atom. The first kappa shape index (κ1) is 40.0. The average Bonchev–Trinajstić information content (AvgIpc) is 4.00. The molecule has 0 saturated carbocycles. The zero-order valence-electron chi connectivity index (χ0n) is 38.7. The molecule has 0 aliphatic carbocycles. The van der Waals surface area contributed by atoms with Crippen LogP contribution in [-0.4, -0.2) is 0 Å². The Hall–Kier alpha value is -9.12. The third-order valence-corrected chi connectivity index (χ3v) is 14.5. The highest BCUT2D eigenvalue weighted by molar-refractivity contribution is 6.29. The lowest BCUT2D eigenvalue weighted by Gasteiger charge is -2.30. The molecule has 14 rings (SSSR count). The van der Waals surface area contributed by atoms with Gasteiger partial charge in [-0.1, -0.05) is 170 Å². The van der Waals surface area contributed by atoms with Crippen LogP contribution in [0.4, 0.5) is 34.1 Å². The first-order valence-electron chi connectivity index (χ1n) is 24.0. The van der Waals surface area contributed by atoms with Crippen molar-refractivity contribution in [1.29, 1.82) is 0 Å². The van der Waals surface area contributed by atoms with Gasteiger partial charge in [0.05, 0.1) is 22.7 Å². The van der Waals surface area contributed by atoms with E-state index in [1.807, 2.05) is 12.1 Å². The highest BCUT2D eigenvalue weighted by atomic mass is 16.3. The largest absolute Gasteiger partial charge is 0.454 e. The fraction of sp³-hybridized carbons (Fsp3) is 0.0303. The van der Waals surface area contributed by atoms with Gasteiger partial charge in [-0.25, -0.2) is 0 Å². The topological polar surface area (TPSA) is 32.8 Å². The van der Waals surface area contributed by atoms with Gasteiger partial charge in [0.25, 0.3) is 0 Å². The van der Waals surface area contributed by atoms with E-state index < -0.39 is 0 Å². The molecule has 2 aromatic heterocycles. The molecule has 0 radical (unpaired) electrons. The minimum atomic E-state index is 0.849. The van der Waals surface area contributed by atoms with Gasteiger partial charge >= 0.3 is 0 Å². The Morgan fingerprint density at radius 2 is 0.700 bits per heavy atom. The number of aryl methyl sites for hydroxylation is 2. The summed E-state index contributed by atoms with van der Waals surface area (Å²) in [6.45, 7) is 4.39. The third-order valence-electron chi connectivity index (χ3n) is 14.5. The van der Waals surface area contributed by atoms with Crippen LogP contribution in [0, 0.1) is 13.8 Å². The van der Waals surface area contributed by atoms with Gasteiger partial charge < -0.3 is 18.6 Å². The van der Waals surface area contributed by atoms with E-state index in [1.165, 1.54) is 54.9 Å². The summed E-state index contributed by atoms with van der Waals surface area (Å²) in [5.74, 6) is 0. The van der Waals surface area contributed by atoms with Crippen molar-refractivity contribution in [2.24, 2.45) is 0 Å². The molecule has 0 aliphatic rings. The number of rotatable bonds is 8. The van der Waals surface area contributed by atoms with Crippen LogP contribution in [0.25, 0.3) is 98.4 Å². The number of nitrogens with zero attached hydrogens (tertiary/aromatic N) is 2. The molecule has 0 spiro atoms. The van der Waals surface area contributed by atoms with E-state index in [-0.39, 0.29) is 0 Å². The van der Waals surface area contributed by atoms with Crippen molar-refractivity contribution in [3.05, 3.63) is 242 Å². The maximum Gasteiger partial charge on any atom is 0.159 e. The quantitative estimate of drug-likeness (QED) is 0.142. The van der Waals surface area contributed by atoms with E-state index in [9.17, 15) is 0 Å². The highest BCUT2D eigenvalue weighted by Gasteiger charge is 2.26. The lowest BCUT2D eigenvalue weighted by Crippen LogP contribution is -2.12. The van der Waals surface area contributed by atoms with E-state index >= 15 is 0 Å². The lowest BCUT2D eigenvalue weighted by molar-refractivity contribution is 0.669. The Morgan fingerprint density at radius 1 is 0.300 bits per heavy atom. The van der Waals surface area contributed by atoms with Crippen LogP contribution in [-0.2, 0) is 0 Å². The smallest absolute Gasteiger partial charge is 0.159 e. The zero-order valence-corrected chi connectivity index (χ0v) is 38.7. The van der Waals surface area contributed by atoms with E-state index in [2.05, 4.69) is 242 Å². The van der Waals surface area contributed by atoms with Crippen LogP contribution >= 0.6 is 0 Å². The second-order valence-corrected chi connectivity index (χ2v) is 18.5. The maximum absolute atomic E-state index is 6.84. The monoisotopic (exact) mass is 896 g/mol. The van der Waals surface area contributed by atoms with Gasteiger partial charge in [-0.2, -0.15) is 0 Å². The lowest BCUT2D eigenvalue weighted by atomic mass is 9.91. The van der Waals surface area contributed by atoms with E-state index in [4.69, 9.17) is 8.83 Å². The molecular formula is C66H44N2O2. The average molecular weight is 897 g/mol. The Kier molecular flexibility index (Phi) is 8.99. The van der Waals surface area contributed by atoms with Crippen LogP contribution in [0.5, 0.6) is 0 Å². The van der Waals surface area contributed by atoms with Gasteiger partial charge in [0.1, 0.15) is 11.2 Å². The molecule has 2 heterocycles. The number of hydrogen-bond acceptors (Lipinski definition) is 4. The van der Waals surface area contributed by atoms with Crippen LogP contribution < -0.4 is 9.80 Å². The molecular weight excluding hydrogens is 853 g/mol. The molecule has 0 aliphatic heterocycles. The minimum Gasteiger partial charge on any atom is -0.454 e. The van der Waals surface area contributed by atoms with Crippen molar-refractivity contribution < 1.29 is 8.83 Å². The first-order chi connectivity index (χ1) is 34.6. The number of benzene rings is 12. The second kappa shape index (κ2) is 15.7. The molecule has 12 aromatic carbocycles. The van der Waals surface area contributed by atoms with E-state index in [1.54, 1.807) is 0 Å². The molecule has 0 atom stereocenters. The summed E-state index contributed by atoms with van der Waals surface area (Å²) in [6.07, 6.45) is 0. The minimum absolute atomic E-state index is 0.849. The molecule has 0 amide bonds. The first-order valence-corrected chi connectivity index (χ1v) is 24.0. The SMILES string of the molecule is Cc1ccc(N(c2ccc3ccc4c(N(c5ccc(C)c(-c6ccccc6)c5)c5cccc6c5oc5ccccc56)ccc5ccc2c3c54)c2cccc3c2oc2ccccc23)cc1-c1ccccc1. The van der Waals surface area contributed by atoms with Gasteiger partial charge in [0.15, 0.2) is 11.2 Å². The highest BCUT2D eigenvalue weighted by Crippen LogP contribution is 2.51.